The summed E-state index contributed by atoms with van der Waals surface area (Å²) in [6.07, 6.45) is -0.776. The van der Waals surface area contributed by atoms with Crippen molar-refractivity contribution in [3.8, 4) is 0 Å². The summed E-state index contributed by atoms with van der Waals surface area (Å²) in [5.74, 6) is 0. The molecule has 4 nitrogen and oxygen atoms in total. The molecule has 2 heterocycles. The number of nitrogens with one attached hydrogen (secondary N) is 1. The van der Waals surface area contributed by atoms with E-state index in [9.17, 15) is 4.79 Å². The van der Waals surface area contributed by atoms with Crippen molar-refractivity contribution in [2.45, 2.75) is 26.8 Å². The maximum atomic E-state index is 11.0. The minimum absolute atomic E-state index is 0.0404. The van der Waals surface area contributed by atoms with Crippen LogP contribution in [0, 0.1) is 10.8 Å². The molecule has 2 aliphatic heterocycles. The van der Waals surface area contributed by atoms with Gasteiger partial charge in [0, 0.05) is 31.1 Å². The van der Waals surface area contributed by atoms with Gasteiger partial charge in [0.25, 0.3) is 0 Å². The van der Waals surface area contributed by atoms with Crippen LogP contribution in [0.2, 0.25) is 0 Å². The number of rotatable bonds is 0. The zero-order valence-electron chi connectivity index (χ0n) is 9.00. The topological polar surface area (TPSA) is 52.6 Å². The van der Waals surface area contributed by atoms with E-state index in [4.69, 9.17) is 5.11 Å². The summed E-state index contributed by atoms with van der Waals surface area (Å²) in [4.78, 5) is 12.6. The van der Waals surface area contributed by atoms with Gasteiger partial charge in [0.05, 0.1) is 0 Å². The van der Waals surface area contributed by atoms with E-state index in [1.54, 1.807) is 4.90 Å². The summed E-state index contributed by atoms with van der Waals surface area (Å²) >= 11 is 0. The van der Waals surface area contributed by atoms with Gasteiger partial charge >= 0.3 is 6.09 Å². The minimum atomic E-state index is -0.776. The molecule has 2 aliphatic rings. The van der Waals surface area contributed by atoms with Crippen LogP contribution < -0.4 is 5.32 Å². The van der Waals surface area contributed by atoms with Crippen molar-refractivity contribution in [1.82, 2.24) is 10.2 Å². The molecule has 0 radical (unpaired) electrons. The molecular weight excluding hydrogens is 180 g/mol. The molecule has 14 heavy (non-hydrogen) atoms. The first-order chi connectivity index (χ1) is 6.37. The monoisotopic (exact) mass is 198 g/mol. The third-order valence-electron chi connectivity index (χ3n) is 3.40. The lowest BCUT2D eigenvalue weighted by molar-refractivity contribution is -0.133. The quantitative estimate of drug-likeness (QED) is 0.610. The minimum Gasteiger partial charge on any atom is -0.465 e. The lowest BCUT2D eigenvalue weighted by atomic mass is 9.59. The molecule has 2 saturated heterocycles. The van der Waals surface area contributed by atoms with Crippen molar-refractivity contribution < 1.29 is 9.90 Å². The molecule has 0 aromatic heterocycles. The van der Waals surface area contributed by atoms with Gasteiger partial charge in [-0.05, 0) is 5.41 Å². The largest absolute Gasteiger partial charge is 0.465 e. The summed E-state index contributed by atoms with van der Waals surface area (Å²) in [6, 6.07) is 0.175. The second-order valence-electron chi connectivity index (χ2n) is 5.64. The summed E-state index contributed by atoms with van der Waals surface area (Å²) in [7, 11) is 0. The predicted molar refractivity (Wildman–Crippen MR) is 53.3 cm³/mol. The highest BCUT2D eigenvalue weighted by Gasteiger charge is 2.61. The van der Waals surface area contributed by atoms with Crippen molar-refractivity contribution in [3.63, 3.8) is 0 Å². The molecule has 0 aromatic rings. The molecule has 1 amide bonds. The average Bonchev–Trinajstić information content (AvgIpc) is 1.74. The number of amides is 1. The lowest BCUT2D eigenvalue weighted by Gasteiger charge is -2.65. The fourth-order valence-corrected chi connectivity index (χ4v) is 3.05. The van der Waals surface area contributed by atoms with E-state index in [0.717, 1.165) is 13.1 Å². The van der Waals surface area contributed by atoms with Crippen molar-refractivity contribution in [1.29, 1.82) is 0 Å². The Kier molecular flexibility index (Phi) is 1.83. The molecule has 4 heteroatoms. The number of carboxylic acid groups (broad SMARTS) is 1. The van der Waals surface area contributed by atoms with Crippen LogP contribution in [0.1, 0.15) is 20.8 Å². The zero-order valence-corrected chi connectivity index (χ0v) is 9.00. The smallest absolute Gasteiger partial charge is 0.407 e. The first kappa shape index (κ1) is 9.77. The summed E-state index contributed by atoms with van der Waals surface area (Å²) < 4.78 is 0. The molecule has 0 aliphatic carbocycles. The molecule has 80 valence electrons. The van der Waals surface area contributed by atoms with Crippen LogP contribution in [0.25, 0.3) is 0 Å². The number of hydrogen-bond acceptors (Lipinski definition) is 2. The van der Waals surface area contributed by atoms with E-state index in [2.05, 4.69) is 26.1 Å². The van der Waals surface area contributed by atoms with Crippen LogP contribution in [-0.4, -0.2) is 41.8 Å². The van der Waals surface area contributed by atoms with E-state index in [-0.39, 0.29) is 16.9 Å². The van der Waals surface area contributed by atoms with Gasteiger partial charge in [0.2, 0.25) is 0 Å². The average molecular weight is 198 g/mol. The molecule has 1 atom stereocenters. The third kappa shape index (κ3) is 1.13. The van der Waals surface area contributed by atoms with E-state index in [0.29, 0.717) is 6.54 Å². The molecule has 1 unspecified atom stereocenters. The number of likely N-dealkylation sites (tertiary alicyclic amines) is 1. The first-order valence-electron chi connectivity index (χ1n) is 5.07. The van der Waals surface area contributed by atoms with Crippen LogP contribution >= 0.6 is 0 Å². The van der Waals surface area contributed by atoms with Gasteiger partial charge in [-0.15, -0.1) is 0 Å². The van der Waals surface area contributed by atoms with Gasteiger partial charge < -0.3 is 15.3 Å². The summed E-state index contributed by atoms with van der Waals surface area (Å²) in [6.45, 7) is 9.00. The molecular formula is C10H18N2O2. The Morgan fingerprint density at radius 2 is 2.07 bits per heavy atom. The number of hydrogen-bond donors (Lipinski definition) is 2. The normalized spacial score (nSPS) is 29.6. The van der Waals surface area contributed by atoms with Crippen LogP contribution in [0.3, 0.4) is 0 Å². The molecule has 2 N–H and O–H groups in total. The Morgan fingerprint density at radius 1 is 1.50 bits per heavy atom. The summed E-state index contributed by atoms with van der Waals surface area (Å²) in [5, 5.41) is 12.3. The fourth-order valence-electron chi connectivity index (χ4n) is 3.05. The molecule has 0 aromatic carbocycles. The van der Waals surface area contributed by atoms with E-state index in [1.807, 2.05) is 0 Å². The lowest BCUT2D eigenvalue weighted by Crippen LogP contribution is -2.80. The summed E-state index contributed by atoms with van der Waals surface area (Å²) in [5.41, 5.74) is 0.273. The Labute approximate surface area is 84.3 Å². The molecule has 2 fully saturated rings. The zero-order chi connectivity index (χ0) is 10.6. The van der Waals surface area contributed by atoms with Crippen molar-refractivity contribution in [2.75, 3.05) is 19.6 Å². The maximum absolute atomic E-state index is 11.0. The Morgan fingerprint density at radius 3 is 2.36 bits per heavy atom. The molecule has 0 saturated carbocycles. The van der Waals surface area contributed by atoms with Gasteiger partial charge in [-0.25, -0.2) is 4.79 Å². The van der Waals surface area contributed by atoms with Crippen LogP contribution in [0.4, 0.5) is 4.79 Å². The van der Waals surface area contributed by atoms with Gasteiger partial charge in [-0.1, -0.05) is 20.8 Å². The van der Waals surface area contributed by atoms with Crippen molar-refractivity contribution in [2.24, 2.45) is 10.8 Å². The highest BCUT2D eigenvalue weighted by atomic mass is 16.4. The van der Waals surface area contributed by atoms with E-state index < -0.39 is 6.09 Å². The highest BCUT2D eigenvalue weighted by molar-refractivity contribution is 5.67. The Hall–Kier alpha value is -0.770. The molecule has 1 spiro atoms. The van der Waals surface area contributed by atoms with Gasteiger partial charge in [-0.2, -0.15) is 0 Å². The second kappa shape index (κ2) is 2.63. The molecule has 2 rings (SSSR count). The predicted octanol–water partition coefficient (Wildman–Crippen LogP) is 0.984. The number of nitrogens with zero attached hydrogens (tertiary/aromatic N) is 1. The van der Waals surface area contributed by atoms with Crippen molar-refractivity contribution >= 4 is 6.09 Å². The number of carbonyl (C=O) groups is 1. The van der Waals surface area contributed by atoms with Gasteiger partial charge in [0.15, 0.2) is 0 Å². The molecule has 0 bridgehead atoms. The highest BCUT2D eigenvalue weighted by Crippen LogP contribution is 2.49. The van der Waals surface area contributed by atoms with E-state index in [1.165, 1.54) is 0 Å². The van der Waals surface area contributed by atoms with Gasteiger partial charge in [-0.3, -0.25) is 0 Å². The van der Waals surface area contributed by atoms with Crippen LogP contribution in [0.15, 0.2) is 0 Å². The SMILES string of the molecule is CC(C)(C)C1N(C(=O)O)CC12CNC2. The van der Waals surface area contributed by atoms with Crippen LogP contribution in [-0.2, 0) is 0 Å². The van der Waals surface area contributed by atoms with Crippen molar-refractivity contribution in [3.05, 3.63) is 0 Å². The maximum Gasteiger partial charge on any atom is 0.407 e. The van der Waals surface area contributed by atoms with Crippen LogP contribution in [0.5, 0.6) is 0 Å². The fraction of sp³-hybridized carbons (Fsp3) is 0.900. The third-order valence-corrected chi connectivity index (χ3v) is 3.40. The Bertz CT molecular complexity index is 266. The second-order valence-corrected chi connectivity index (χ2v) is 5.64. The standard InChI is InChI=1S/C10H18N2O2/c1-9(2,3)7-10(4-11-5-10)6-12(7)8(13)14/h7,11H,4-6H2,1-3H3,(H,13,14). The van der Waals surface area contributed by atoms with E-state index >= 15 is 0 Å². The Balaban J connectivity index is 2.17. The van der Waals surface area contributed by atoms with Gasteiger partial charge in [0.1, 0.15) is 0 Å². The first-order valence-corrected chi connectivity index (χ1v) is 5.07.